The van der Waals surface area contributed by atoms with Crippen molar-refractivity contribution in [3.63, 3.8) is 0 Å². The summed E-state index contributed by atoms with van der Waals surface area (Å²) in [6.07, 6.45) is -0.926. The highest BCUT2D eigenvalue weighted by molar-refractivity contribution is 6.33. The summed E-state index contributed by atoms with van der Waals surface area (Å²) < 4.78 is 60.1. The maximum atomic E-state index is 13.7. The second-order valence-corrected chi connectivity index (χ2v) is 7.07. The number of carbonyl (C=O) groups is 2. The Morgan fingerprint density at radius 2 is 1.94 bits per heavy atom. The number of halogens is 5. The monoisotopic (exact) mass is 465 g/mol. The quantitative estimate of drug-likeness (QED) is 0.332. The zero-order valence-corrected chi connectivity index (χ0v) is 16.7. The topological polar surface area (TPSA) is 76.6 Å². The molecule has 0 radical (unpaired) electrons. The van der Waals surface area contributed by atoms with Crippen LogP contribution in [0.3, 0.4) is 0 Å². The molecular weight excluding hydrogens is 454 g/mol. The van der Waals surface area contributed by atoms with Crippen LogP contribution in [-0.2, 0) is 6.18 Å². The van der Waals surface area contributed by atoms with Gasteiger partial charge in [-0.15, -0.1) is 0 Å². The van der Waals surface area contributed by atoms with E-state index < -0.39 is 47.1 Å². The fourth-order valence-electron chi connectivity index (χ4n) is 3.07. The molecule has 0 fully saturated rings. The predicted molar refractivity (Wildman–Crippen MR) is 106 cm³/mol. The number of furan rings is 1. The number of Topliss-reactive ketones (excluding diaryl/α,β-unsaturated/α-hetero) is 1. The molecule has 1 aromatic carbocycles. The van der Waals surface area contributed by atoms with Crippen molar-refractivity contribution in [2.24, 2.45) is 0 Å². The normalized spacial score (nSPS) is 11.7. The van der Waals surface area contributed by atoms with Crippen molar-refractivity contribution < 1.29 is 31.6 Å². The number of nitrogens with one attached hydrogen (secondary N) is 1. The number of aromatic nitrogens is 2. The summed E-state index contributed by atoms with van der Waals surface area (Å²) in [7, 11) is 0. The first-order valence-corrected chi connectivity index (χ1v) is 9.41. The molecule has 4 aromatic rings. The number of nitrogens with zero attached hydrogens (tertiary/aromatic N) is 2. The lowest BCUT2D eigenvalue weighted by Gasteiger charge is -2.10. The van der Waals surface area contributed by atoms with Crippen LogP contribution in [0.4, 0.5) is 17.6 Å². The molecule has 1 amide bonds. The highest BCUT2D eigenvalue weighted by Crippen LogP contribution is 2.37. The van der Waals surface area contributed by atoms with Crippen LogP contribution in [-0.4, -0.2) is 27.6 Å². The minimum absolute atomic E-state index is 0.0236. The zero-order valence-electron chi connectivity index (χ0n) is 15.9. The SMILES string of the molecule is O=C(CNC(=O)c1nc2c(C(F)(F)F)cc(-c3ccoc3)cn2c1Cl)c1cccc(F)c1. The Morgan fingerprint density at radius 1 is 1.16 bits per heavy atom. The number of benzene rings is 1. The minimum Gasteiger partial charge on any atom is -0.472 e. The Balaban J connectivity index is 1.68. The molecule has 0 bridgehead atoms. The van der Waals surface area contributed by atoms with Gasteiger partial charge in [-0.25, -0.2) is 9.37 Å². The summed E-state index contributed by atoms with van der Waals surface area (Å²) in [5, 5.41) is 1.88. The molecule has 3 aromatic heterocycles. The first-order valence-electron chi connectivity index (χ1n) is 9.03. The molecule has 0 unspecified atom stereocenters. The molecule has 0 saturated heterocycles. The summed E-state index contributed by atoms with van der Waals surface area (Å²) >= 11 is 6.17. The Morgan fingerprint density at radius 3 is 2.59 bits per heavy atom. The Bertz CT molecular complexity index is 1330. The van der Waals surface area contributed by atoms with Gasteiger partial charge in [0.15, 0.2) is 17.1 Å². The van der Waals surface area contributed by atoms with Gasteiger partial charge in [0.1, 0.15) is 11.0 Å². The second kappa shape index (κ2) is 8.12. The van der Waals surface area contributed by atoms with E-state index in [0.29, 0.717) is 5.56 Å². The largest absolute Gasteiger partial charge is 0.472 e. The highest BCUT2D eigenvalue weighted by Gasteiger charge is 2.36. The summed E-state index contributed by atoms with van der Waals surface area (Å²) in [5.74, 6) is -2.18. The average Bonchev–Trinajstić information content (AvgIpc) is 3.39. The van der Waals surface area contributed by atoms with Gasteiger partial charge in [-0.3, -0.25) is 14.0 Å². The second-order valence-electron chi connectivity index (χ2n) is 6.71. The van der Waals surface area contributed by atoms with E-state index in [1.807, 2.05) is 0 Å². The van der Waals surface area contributed by atoms with Gasteiger partial charge in [0.2, 0.25) is 0 Å². The molecule has 11 heteroatoms. The van der Waals surface area contributed by atoms with Crippen LogP contribution >= 0.6 is 11.6 Å². The molecular formula is C21H12ClF4N3O3. The standard InChI is InChI=1S/C21H12ClF4N3O3/c22-18-17(20(31)27-8-16(30)11-2-1-3-14(23)6-11)28-19-15(21(24,25)26)7-13(9-29(18)19)12-4-5-32-10-12/h1-7,9-10H,8H2,(H,27,31). The van der Waals surface area contributed by atoms with E-state index in [4.69, 9.17) is 16.0 Å². The van der Waals surface area contributed by atoms with E-state index in [2.05, 4.69) is 10.3 Å². The number of fused-ring (bicyclic) bond motifs is 1. The maximum absolute atomic E-state index is 13.7. The number of amides is 1. The van der Waals surface area contributed by atoms with Crippen molar-refractivity contribution in [1.29, 1.82) is 0 Å². The van der Waals surface area contributed by atoms with Crippen LogP contribution in [0.5, 0.6) is 0 Å². The first-order chi connectivity index (χ1) is 15.1. The first kappa shape index (κ1) is 21.6. The van der Waals surface area contributed by atoms with E-state index in [-0.39, 0.29) is 16.3 Å². The van der Waals surface area contributed by atoms with Crippen molar-refractivity contribution in [1.82, 2.24) is 14.7 Å². The molecule has 164 valence electrons. The average molecular weight is 466 g/mol. The lowest BCUT2D eigenvalue weighted by molar-refractivity contribution is -0.136. The van der Waals surface area contributed by atoms with E-state index >= 15 is 0 Å². The number of hydrogen-bond acceptors (Lipinski definition) is 4. The molecule has 0 aliphatic rings. The number of rotatable bonds is 5. The molecule has 0 aliphatic heterocycles. The van der Waals surface area contributed by atoms with Crippen LogP contribution in [0.2, 0.25) is 5.15 Å². The summed E-state index contributed by atoms with van der Waals surface area (Å²) in [6.45, 7) is -0.529. The van der Waals surface area contributed by atoms with Crippen molar-refractivity contribution >= 4 is 28.9 Å². The Kier molecular flexibility index (Phi) is 5.47. The van der Waals surface area contributed by atoms with Crippen LogP contribution in [0, 0.1) is 5.82 Å². The van der Waals surface area contributed by atoms with Crippen molar-refractivity contribution in [2.45, 2.75) is 6.18 Å². The summed E-state index contributed by atoms with van der Waals surface area (Å²) in [5.41, 5.74) is -1.63. The van der Waals surface area contributed by atoms with Gasteiger partial charge >= 0.3 is 6.18 Å². The van der Waals surface area contributed by atoms with Gasteiger partial charge in [-0.1, -0.05) is 23.7 Å². The fourth-order valence-corrected chi connectivity index (χ4v) is 3.32. The van der Waals surface area contributed by atoms with Gasteiger partial charge in [0.25, 0.3) is 5.91 Å². The molecule has 0 aliphatic carbocycles. The van der Waals surface area contributed by atoms with Crippen molar-refractivity contribution in [3.05, 3.63) is 82.9 Å². The lowest BCUT2D eigenvalue weighted by atomic mass is 10.1. The maximum Gasteiger partial charge on any atom is 0.420 e. The number of carbonyl (C=O) groups excluding carboxylic acids is 2. The highest BCUT2D eigenvalue weighted by atomic mass is 35.5. The van der Waals surface area contributed by atoms with Gasteiger partial charge < -0.3 is 9.73 Å². The van der Waals surface area contributed by atoms with Crippen molar-refractivity contribution in [3.8, 4) is 11.1 Å². The van der Waals surface area contributed by atoms with E-state index in [1.54, 1.807) is 0 Å². The number of hydrogen-bond donors (Lipinski definition) is 1. The van der Waals surface area contributed by atoms with Crippen LogP contribution in [0.1, 0.15) is 26.4 Å². The number of pyridine rings is 1. The zero-order chi connectivity index (χ0) is 23.0. The van der Waals surface area contributed by atoms with Gasteiger partial charge in [-0.2, -0.15) is 13.2 Å². The molecule has 0 saturated carbocycles. The molecule has 6 nitrogen and oxygen atoms in total. The van der Waals surface area contributed by atoms with E-state index in [9.17, 15) is 27.2 Å². The van der Waals surface area contributed by atoms with Crippen LogP contribution < -0.4 is 5.32 Å². The summed E-state index contributed by atoms with van der Waals surface area (Å²) in [4.78, 5) is 28.4. The fraction of sp³-hybridized carbons (Fsp3) is 0.0952. The Hall–Kier alpha value is -3.66. The minimum atomic E-state index is -4.78. The summed E-state index contributed by atoms with van der Waals surface area (Å²) in [6, 6.07) is 7.19. The number of imidazole rings is 1. The molecule has 32 heavy (non-hydrogen) atoms. The molecule has 0 spiro atoms. The third kappa shape index (κ3) is 4.09. The van der Waals surface area contributed by atoms with Gasteiger partial charge in [0.05, 0.1) is 24.6 Å². The molecule has 0 atom stereocenters. The molecule has 1 N–H and O–H groups in total. The van der Waals surface area contributed by atoms with Crippen molar-refractivity contribution in [2.75, 3.05) is 6.54 Å². The van der Waals surface area contributed by atoms with Crippen LogP contribution in [0.25, 0.3) is 16.8 Å². The third-order valence-electron chi connectivity index (χ3n) is 4.59. The van der Waals surface area contributed by atoms with E-state index in [0.717, 1.165) is 22.6 Å². The number of ketones is 1. The third-order valence-corrected chi connectivity index (χ3v) is 4.95. The van der Waals surface area contributed by atoms with Gasteiger partial charge in [0, 0.05) is 22.9 Å². The smallest absolute Gasteiger partial charge is 0.420 e. The number of alkyl halides is 3. The Labute approximate surface area is 182 Å². The van der Waals surface area contributed by atoms with E-state index in [1.165, 1.54) is 36.9 Å². The van der Waals surface area contributed by atoms with Crippen LogP contribution in [0.15, 0.2) is 59.5 Å². The molecule has 4 rings (SSSR count). The molecule has 3 heterocycles. The predicted octanol–water partition coefficient (Wildman–Crippen LogP) is 5.02. The van der Waals surface area contributed by atoms with Gasteiger partial charge in [-0.05, 0) is 24.3 Å². The lowest BCUT2D eigenvalue weighted by Crippen LogP contribution is -2.30.